The van der Waals surface area contributed by atoms with Gasteiger partial charge in [0, 0.05) is 11.5 Å². The van der Waals surface area contributed by atoms with Gasteiger partial charge in [-0.2, -0.15) is 5.10 Å². The van der Waals surface area contributed by atoms with Crippen LogP contribution in [0.3, 0.4) is 0 Å². The Morgan fingerprint density at radius 1 is 1.30 bits per heavy atom. The van der Waals surface area contributed by atoms with Gasteiger partial charge in [-0.15, -0.1) is 0 Å². The predicted octanol–water partition coefficient (Wildman–Crippen LogP) is 2.69. The van der Waals surface area contributed by atoms with E-state index in [9.17, 15) is 9.59 Å². The summed E-state index contributed by atoms with van der Waals surface area (Å²) in [4.78, 5) is 23.0. The largest absolute Gasteiger partial charge is 0.478 e. The van der Waals surface area contributed by atoms with Crippen LogP contribution in [0.25, 0.3) is 0 Å². The average molecular weight is 312 g/mol. The van der Waals surface area contributed by atoms with Gasteiger partial charge >= 0.3 is 5.97 Å². The number of hydrogen-bond donors (Lipinski definition) is 2. The van der Waals surface area contributed by atoms with Crippen molar-refractivity contribution < 1.29 is 9.90 Å². The summed E-state index contributed by atoms with van der Waals surface area (Å²) >= 11 is 0. The Morgan fingerprint density at radius 3 is 2.78 bits per heavy atom. The second-order valence-corrected chi connectivity index (χ2v) is 6.21. The SMILES string of the molecule is CC(Cc1cccc(C(=O)O)c1)c1n[nH]c(=O)c2c1CCCC2. The first-order valence-corrected chi connectivity index (χ1v) is 7.99. The normalized spacial score (nSPS) is 15.0. The molecule has 1 aromatic heterocycles. The van der Waals surface area contributed by atoms with E-state index in [1.807, 2.05) is 6.07 Å². The molecule has 120 valence electrons. The number of carboxylic acid groups (broad SMARTS) is 1. The zero-order valence-corrected chi connectivity index (χ0v) is 13.1. The zero-order valence-electron chi connectivity index (χ0n) is 13.1. The van der Waals surface area contributed by atoms with Gasteiger partial charge in [0.15, 0.2) is 0 Å². The molecule has 23 heavy (non-hydrogen) atoms. The maximum Gasteiger partial charge on any atom is 0.335 e. The Labute approximate surface area is 134 Å². The lowest BCUT2D eigenvalue weighted by atomic mass is 9.86. The van der Waals surface area contributed by atoms with Gasteiger partial charge in [0.25, 0.3) is 5.56 Å². The molecule has 1 unspecified atom stereocenters. The first-order chi connectivity index (χ1) is 11.1. The molecule has 0 saturated heterocycles. The molecule has 1 atom stereocenters. The number of aromatic amines is 1. The predicted molar refractivity (Wildman–Crippen MR) is 87.0 cm³/mol. The molecular weight excluding hydrogens is 292 g/mol. The molecule has 0 aliphatic heterocycles. The van der Waals surface area contributed by atoms with Crippen LogP contribution >= 0.6 is 0 Å². The summed E-state index contributed by atoms with van der Waals surface area (Å²) in [5, 5.41) is 16.0. The van der Waals surface area contributed by atoms with Gasteiger partial charge in [-0.1, -0.05) is 19.1 Å². The zero-order chi connectivity index (χ0) is 16.4. The van der Waals surface area contributed by atoms with Gasteiger partial charge in [0.2, 0.25) is 0 Å². The maximum absolute atomic E-state index is 11.9. The topological polar surface area (TPSA) is 83.0 Å². The molecule has 0 amide bonds. The lowest BCUT2D eigenvalue weighted by Gasteiger charge is -2.21. The molecule has 2 aromatic rings. The number of aromatic nitrogens is 2. The van der Waals surface area contributed by atoms with Crippen molar-refractivity contribution >= 4 is 5.97 Å². The van der Waals surface area contributed by atoms with Crippen LogP contribution in [-0.2, 0) is 19.3 Å². The highest BCUT2D eigenvalue weighted by atomic mass is 16.4. The third kappa shape index (κ3) is 3.18. The molecule has 0 spiro atoms. The van der Waals surface area contributed by atoms with Crippen LogP contribution in [0.4, 0.5) is 0 Å². The minimum Gasteiger partial charge on any atom is -0.478 e. The van der Waals surface area contributed by atoms with Crippen LogP contribution in [0.15, 0.2) is 29.1 Å². The second-order valence-electron chi connectivity index (χ2n) is 6.21. The molecule has 0 radical (unpaired) electrons. The highest BCUT2D eigenvalue weighted by molar-refractivity contribution is 5.87. The van der Waals surface area contributed by atoms with Gasteiger partial charge in [0.1, 0.15) is 0 Å². The summed E-state index contributed by atoms with van der Waals surface area (Å²) in [5.41, 5.74) is 4.12. The number of nitrogens with one attached hydrogen (secondary N) is 1. The minimum atomic E-state index is -0.918. The highest BCUT2D eigenvalue weighted by Gasteiger charge is 2.21. The Kier molecular flexibility index (Phi) is 4.28. The molecule has 1 aromatic carbocycles. The number of rotatable bonds is 4. The highest BCUT2D eigenvalue weighted by Crippen LogP contribution is 2.27. The monoisotopic (exact) mass is 312 g/mol. The molecule has 1 aliphatic rings. The molecule has 0 fully saturated rings. The van der Waals surface area contributed by atoms with Crippen LogP contribution in [0.1, 0.15) is 58.4 Å². The van der Waals surface area contributed by atoms with Crippen molar-refractivity contribution in [3.05, 3.63) is 62.6 Å². The van der Waals surface area contributed by atoms with Crippen LogP contribution in [0.5, 0.6) is 0 Å². The smallest absolute Gasteiger partial charge is 0.335 e. The van der Waals surface area contributed by atoms with Gasteiger partial charge in [-0.25, -0.2) is 9.89 Å². The number of nitrogens with zero attached hydrogens (tertiary/aromatic N) is 1. The fourth-order valence-corrected chi connectivity index (χ4v) is 3.37. The molecule has 3 rings (SSSR count). The van der Waals surface area contributed by atoms with E-state index in [2.05, 4.69) is 17.1 Å². The number of fused-ring (bicyclic) bond motifs is 1. The van der Waals surface area contributed by atoms with Gasteiger partial charge < -0.3 is 5.11 Å². The van der Waals surface area contributed by atoms with E-state index < -0.39 is 5.97 Å². The number of benzene rings is 1. The molecule has 1 aliphatic carbocycles. The van der Waals surface area contributed by atoms with Crippen molar-refractivity contribution in [2.75, 3.05) is 0 Å². The molecule has 0 saturated carbocycles. The quantitative estimate of drug-likeness (QED) is 0.909. The van der Waals surface area contributed by atoms with Gasteiger partial charge in [0.05, 0.1) is 11.3 Å². The number of carbonyl (C=O) groups is 1. The number of hydrogen-bond acceptors (Lipinski definition) is 3. The first kappa shape index (κ1) is 15.5. The minimum absolute atomic E-state index is 0.0662. The summed E-state index contributed by atoms with van der Waals surface area (Å²) in [6, 6.07) is 7.00. The van der Waals surface area contributed by atoms with Crippen LogP contribution in [-0.4, -0.2) is 21.3 Å². The number of carboxylic acids is 1. The van der Waals surface area contributed by atoms with E-state index in [0.717, 1.165) is 48.1 Å². The lowest BCUT2D eigenvalue weighted by molar-refractivity contribution is 0.0696. The van der Waals surface area contributed by atoms with Gasteiger partial charge in [-0.3, -0.25) is 4.79 Å². The summed E-state index contributed by atoms with van der Waals surface area (Å²) in [6.45, 7) is 2.07. The Hall–Kier alpha value is -2.43. The van der Waals surface area contributed by atoms with Crippen molar-refractivity contribution in [2.45, 2.75) is 44.9 Å². The van der Waals surface area contributed by atoms with Crippen molar-refractivity contribution in [1.82, 2.24) is 10.2 Å². The number of aromatic carboxylic acids is 1. The third-order valence-corrected chi connectivity index (χ3v) is 4.51. The molecule has 0 bridgehead atoms. The standard InChI is InChI=1S/C18H20N2O3/c1-11(9-12-5-4-6-13(10-12)18(22)23)16-14-7-2-3-8-15(14)17(21)20-19-16/h4-6,10-11H,2-3,7-9H2,1H3,(H,20,21)(H,22,23). The number of H-pyrrole nitrogens is 1. The Morgan fingerprint density at radius 2 is 2.04 bits per heavy atom. The van der Waals surface area contributed by atoms with Gasteiger partial charge in [-0.05, 0) is 55.4 Å². The summed E-state index contributed by atoms with van der Waals surface area (Å²) < 4.78 is 0. The lowest BCUT2D eigenvalue weighted by Crippen LogP contribution is -2.24. The van der Waals surface area contributed by atoms with Crippen molar-refractivity contribution in [3.8, 4) is 0 Å². The third-order valence-electron chi connectivity index (χ3n) is 4.51. The van der Waals surface area contributed by atoms with E-state index in [-0.39, 0.29) is 11.5 Å². The van der Waals surface area contributed by atoms with E-state index in [4.69, 9.17) is 5.11 Å². The van der Waals surface area contributed by atoms with Crippen molar-refractivity contribution in [1.29, 1.82) is 0 Å². The van der Waals surface area contributed by atoms with E-state index in [1.54, 1.807) is 18.2 Å². The average Bonchev–Trinajstić information content (AvgIpc) is 2.55. The summed E-state index contributed by atoms with van der Waals surface area (Å²) in [6.07, 6.45) is 4.57. The maximum atomic E-state index is 11.9. The summed E-state index contributed by atoms with van der Waals surface area (Å²) in [5.74, 6) is -0.790. The van der Waals surface area contributed by atoms with Crippen molar-refractivity contribution in [2.24, 2.45) is 0 Å². The Balaban J connectivity index is 1.89. The van der Waals surface area contributed by atoms with Crippen molar-refractivity contribution in [3.63, 3.8) is 0 Å². The molecule has 5 heteroatoms. The first-order valence-electron chi connectivity index (χ1n) is 7.99. The van der Waals surface area contributed by atoms with E-state index in [1.165, 1.54) is 0 Å². The summed E-state index contributed by atoms with van der Waals surface area (Å²) in [7, 11) is 0. The Bertz CT molecular complexity index is 795. The molecule has 5 nitrogen and oxygen atoms in total. The van der Waals surface area contributed by atoms with Crippen LogP contribution < -0.4 is 5.56 Å². The van der Waals surface area contributed by atoms with Crippen LogP contribution in [0, 0.1) is 0 Å². The fraction of sp³-hybridized carbons (Fsp3) is 0.389. The van der Waals surface area contributed by atoms with E-state index in [0.29, 0.717) is 12.0 Å². The molecule has 2 N–H and O–H groups in total. The molecular formula is C18H20N2O3. The molecule has 1 heterocycles. The second kappa shape index (κ2) is 6.36. The fourth-order valence-electron chi connectivity index (χ4n) is 3.37. The van der Waals surface area contributed by atoms with E-state index >= 15 is 0 Å². The van der Waals surface area contributed by atoms with Crippen LogP contribution in [0.2, 0.25) is 0 Å².